The lowest BCUT2D eigenvalue weighted by molar-refractivity contribution is -0.123. The molecular weight excluding hydrogens is 528 g/mol. The Hall–Kier alpha value is -2.40. The summed E-state index contributed by atoms with van der Waals surface area (Å²) in [6.45, 7) is 2.15. The molecule has 0 radical (unpaired) electrons. The number of benzene rings is 2. The summed E-state index contributed by atoms with van der Waals surface area (Å²) in [5, 5.41) is 5.59. The van der Waals surface area contributed by atoms with Gasteiger partial charge in [0.05, 0.1) is 12.5 Å². The van der Waals surface area contributed by atoms with Gasteiger partial charge in [-0.2, -0.15) is 0 Å². The van der Waals surface area contributed by atoms with Gasteiger partial charge >= 0.3 is 0 Å². The summed E-state index contributed by atoms with van der Waals surface area (Å²) in [5.41, 5.74) is 2.52. The first kappa shape index (κ1) is 25.9. The van der Waals surface area contributed by atoms with Crippen LogP contribution in [0.5, 0.6) is 5.75 Å². The molecule has 32 heavy (non-hydrogen) atoms. The predicted octanol–water partition coefficient (Wildman–Crippen LogP) is 3.18. The minimum atomic E-state index is -0.377. The van der Waals surface area contributed by atoms with E-state index in [1.165, 1.54) is 6.07 Å². The Morgan fingerprint density at radius 1 is 1.09 bits per heavy atom. The van der Waals surface area contributed by atoms with E-state index in [0.29, 0.717) is 30.8 Å². The average molecular weight is 557 g/mol. The quantitative estimate of drug-likeness (QED) is 0.392. The molecule has 2 amide bonds. The fourth-order valence-electron chi connectivity index (χ4n) is 2.80. The zero-order valence-corrected chi connectivity index (χ0v) is 20.6. The van der Waals surface area contributed by atoms with E-state index >= 15 is 0 Å². The van der Waals surface area contributed by atoms with Crippen molar-refractivity contribution in [3.8, 4) is 5.75 Å². The summed E-state index contributed by atoms with van der Waals surface area (Å²) in [6, 6.07) is 12.3. The van der Waals surface area contributed by atoms with Crippen LogP contribution >= 0.6 is 23.0 Å². The molecule has 0 aliphatic carbocycles. The molecule has 0 fully saturated rings. The number of anilines is 1. The topological polar surface area (TPSA) is 79.9 Å². The largest absolute Gasteiger partial charge is 0.484 e. The predicted molar refractivity (Wildman–Crippen MR) is 131 cm³/mol. The zero-order valence-electron chi connectivity index (χ0n) is 18.5. The Balaban J connectivity index is 1.65. The molecule has 1 atom stereocenters. The van der Waals surface area contributed by atoms with Crippen LogP contribution < -0.4 is 20.3 Å². The smallest absolute Gasteiger partial charge is 0.257 e. The van der Waals surface area contributed by atoms with Crippen LogP contribution in [-0.2, 0) is 19.1 Å². The normalized spacial score (nSPS) is 11.5. The maximum Gasteiger partial charge on any atom is 0.257 e. The van der Waals surface area contributed by atoms with Crippen LogP contribution in [0, 0.1) is 12.7 Å². The summed E-state index contributed by atoms with van der Waals surface area (Å²) >= 11 is 1.79. The molecule has 7 nitrogen and oxygen atoms in total. The number of nitrogens with one attached hydrogen (secondary N) is 2. The molecule has 0 aliphatic heterocycles. The highest BCUT2D eigenvalue weighted by atomic mass is 127. The second-order valence-electron chi connectivity index (χ2n) is 7.59. The lowest BCUT2D eigenvalue weighted by atomic mass is 10.1. The molecule has 2 rings (SSSR count). The number of hydrogen-bond acceptors (Lipinski definition) is 5. The number of aryl methyl sites for hydroxylation is 1. The molecule has 0 bridgehead atoms. The molecule has 2 aromatic rings. The van der Waals surface area contributed by atoms with Crippen LogP contribution in [0.3, 0.4) is 0 Å². The Labute approximate surface area is 202 Å². The Kier molecular flexibility index (Phi) is 10.7. The van der Waals surface area contributed by atoms with E-state index in [-0.39, 0.29) is 36.8 Å². The van der Waals surface area contributed by atoms with E-state index in [9.17, 15) is 14.0 Å². The molecule has 0 heterocycles. The minimum absolute atomic E-state index is 0.0937. The van der Waals surface area contributed by atoms with E-state index in [0.717, 1.165) is 11.3 Å². The van der Waals surface area contributed by atoms with E-state index < -0.39 is 0 Å². The fraction of sp³-hybridized carbons (Fsp3) is 0.391. The molecule has 174 valence electrons. The third-order valence-electron chi connectivity index (χ3n) is 4.77. The van der Waals surface area contributed by atoms with Crippen LogP contribution in [0.1, 0.15) is 17.5 Å². The molecule has 0 aromatic heterocycles. The molecule has 9 heteroatoms. The van der Waals surface area contributed by atoms with Crippen LogP contribution in [-0.4, -0.2) is 51.7 Å². The number of rotatable bonds is 12. The minimum Gasteiger partial charge on any atom is -0.484 e. The molecule has 0 spiro atoms. The maximum absolute atomic E-state index is 13.5. The Morgan fingerprint density at radius 3 is 2.44 bits per heavy atom. The van der Waals surface area contributed by atoms with Crippen LogP contribution in [0.2, 0.25) is 0 Å². The second-order valence-corrected chi connectivity index (χ2v) is 8.10. The first-order valence-electron chi connectivity index (χ1n) is 10.2. The standard InChI is InChI=1S/C23H29FIN3O4/c1-16-4-9-19(13-21(16)24)31-15-23(30)26-11-10-20(32-25)14-27-22(29)12-17-5-7-18(8-6-17)28(2)3/h4-9,13,20H,10-12,14-15H2,1-3H3,(H,26,30)(H,27,29). The van der Waals surface area contributed by atoms with Gasteiger partial charge in [-0.05, 0) is 42.7 Å². The number of hydrogen-bond donors (Lipinski definition) is 2. The van der Waals surface area contributed by atoms with Crippen molar-refractivity contribution in [3.05, 3.63) is 59.4 Å². The molecule has 2 N–H and O–H groups in total. The van der Waals surface area contributed by atoms with Crippen LogP contribution in [0.15, 0.2) is 42.5 Å². The van der Waals surface area contributed by atoms with Crippen molar-refractivity contribution in [2.45, 2.75) is 25.9 Å². The third-order valence-corrected chi connectivity index (χ3v) is 5.49. The highest BCUT2D eigenvalue weighted by Gasteiger charge is 2.12. The van der Waals surface area contributed by atoms with Crippen molar-refractivity contribution in [1.82, 2.24) is 10.6 Å². The summed E-state index contributed by atoms with van der Waals surface area (Å²) in [5.74, 6) is -0.486. The van der Waals surface area contributed by atoms with Crippen LogP contribution in [0.4, 0.5) is 10.1 Å². The number of carbonyl (C=O) groups excluding carboxylic acids is 2. The van der Waals surface area contributed by atoms with E-state index in [4.69, 9.17) is 7.80 Å². The van der Waals surface area contributed by atoms with E-state index in [1.807, 2.05) is 43.3 Å². The number of nitrogens with zero attached hydrogens (tertiary/aromatic N) is 1. The van der Waals surface area contributed by atoms with Gasteiger partial charge in [-0.3, -0.25) is 9.59 Å². The monoisotopic (exact) mass is 557 g/mol. The lowest BCUT2D eigenvalue weighted by Crippen LogP contribution is -2.36. The van der Waals surface area contributed by atoms with Gasteiger partial charge in [-0.15, -0.1) is 0 Å². The van der Waals surface area contributed by atoms with Crippen molar-refractivity contribution < 1.29 is 21.8 Å². The third kappa shape index (κ3) is 8.99. The summed E-state index contributed by atoms with van der Waals surface area (Å²) in [4.78, 5) is 26.1. The van der Waals surface area contributed by atoms with Crippen molar-refractivity contribution in [2.24, 2.45) is 0 Å². The Morgan fingerprint density at radius 2 is 1.81 bits per heavy atom. The Bertz CT molecular complexity index is 893. The van der Waals surface area contributed by atoms with Crippen molar-refractivity contribution in [1.29, 1.82) is 0 Å². The fourth-order valence-corrected chi connectivity index (χ4v) is 3.24. The molecular formula is C23H29FIN3O4. The van der Waals surface area contributed by atoms with E-state index in [2.05, 4.69) is 10.6 Å². The molecule has 0 saturated carbocycles. The van der Waals surface area contributed by atoms with Gasteiger partial charge < -0.3 is 23.3 Å². The van der Waals surface area contributed by atoms with Gasteiger partial charge in [-0.1, -0.05) is 18.2 Å². The van der Waals surface area contributed by atoms with Crippen molar-refractivity contribution in [3.63, 3.8) is 0 Å². The van der Waals surface area contributed by atoms with E-state index in [1.54, 1.807) is 42.1 Å². The first-order chi connectivity index (χ1) is 15.3. The van der Waals surface area contributed by atoms with Gasteiger partial charge in [0.15, 0.2) is 6.61 Å². The summed E-state index contributed by atoms with van der Waals surface area (Å²) < 4.78 is 24.2. The highest BCUT2D eigenvalue weighted by molar-refractivity contribution is 14.1. The number of halogens is 2. The summed E-state index contributed by atoms with van der Waals surface area (Å²) in [7, 11) is 3.93. The van der Waals surface area contributed by atoms with Gasteiger partial charge in [-0.25, -0.2) is 4.39 Å². The van der Waals surface area contributed by atoms with Crippen molar-refractivity contribution >= 4 is 40.5 Å². The van der Waals surface area contributed by atoms with Gasteiger partial charge in [0, 0.05) is 38.9 Å². The molecule has 0 aliphatic rings. The maximum atomic E-state index is 13.5. The lowest BCUT2D eigenvalue weighted by Gasteiger charge is -2.16. The molecule has 1 unspecified atom stereocenters. The number of ether oxygens (including phenoxy) is 1. The average Bonchev–Trinajstić information content (AvgIpc) is 2.77. The SMILES string of the molecule is Cc1ccc(OCC(=O)NCCC(CNC(=O)Cc2ccc(N(C)C)cc2)OI)cc1F. The highest BCUT2D eigenvalue weighted by Crippen LogP contribution is 2.15. The number of carbonyl (C=O) groups is 2. The molecule has 2 aromatic carbocycles. The van der Waals surface area contributed by atoms with Gasteiger partial charge in [0.1, 0.15) is 34.6 Å². The van der Waals surface area contributed by atoms with Crippen molar-refractivity contribution in [2.75, 3.05) is 38.7 Å². The van der Waals surface area contributed by atoms with Gasteiger partial charge in [0.2, 0.25) is 5.91 Å². The second kappa shape index (κ2) is 13.2. The summed E-state index contributed by atoms with van der Waals surface area (Å²) in [6.07, 6.45) is 0.559. The van der Waals surface area contributed by atoms with Crippen LogP contribution in [0.25, 0.3) is 0 Å². The number of amides is 2. The van der Waals surface area contributed by atoms with Gasteiger partial charge in [0.25, 0.3) is 5.91 Å². The molecule has 0 saturated heterocycles. The first-order valence-corrected chi connectivity index (χ1v) is 11.1. The zero-order chi connectivity index (χ0) is 23.5.